The molecule has 33 heavy (non-hydrogen) atoms. The van der Waals surface area contributed by atoms with Crippen molar-refractivity contribution in [2.45, 2.75) is 71.9 Å². The summed E-state index contributed by atoms with van der Waals surface area (Å²) in [5.74, 6) is 1.16. The Morgan fingerprint density at radius 1 is 1.18 bits per heavy atom. The van der Waals surface area contributed by atoms with Crippen LogP contribution in [0.5, 0.6) is 0 Å². The van der Waals surface area contributed by atoms with E-state index in [-0.39, 0.29) is 23.4 Å². The predicted octanol–water partition coefficient (Wildman–Crippen LogP) is 2.72. The second kappa shape index (κ2) is 9.89. The number of rotatable bonds is 6. The molecule has 176 valence electrons. The van der Waals surface area contributed by atoms with E-state index in [2.05, 4.69) is 5.32 Å². The van der Waals surface area contributed by atoms with Gasteiger partial charge in [-0.2, -0.15) is 0 Å². The third-order valence-electron chi connectivity index (χ3n) is 6.59. The average Bonchev–Trinajstić information content (AvgIpc) is 2.78. The zero-order chi connectivity index (χ0) is 23.5. The standard InChI is InChI=1S/C26H34N4O3/c1-17(2)13-24(31)27-15-20-5-4-6-23-28-22-11-12-29(16-21(22)26(33)30(20)23)25(32)14-19-9-7-18(3)8-10-19/h7-10,17,20H,4-6,11-16H2,1-3H3,(H,27,31)/t20-/m1/s1. The Labute approximate surface area is 195 Å². The molecule has 4 rings (SSSR count). The Balaban J connectivity index is 1.51. The lowest BCUT2D eigenvalue weighted by molar-refractivity contribution is -0.131. The highest BCUT2D eigenvalue weighted by molar-refractivity contribution is 5.79. The highest BCUT2D eigenvalue weighted by Crippen LogP contribution is 2.24. The van der Waals surface area contributed by atoms with E-state index in [9.17, 15) is 14.4 Å². The lowest BCUT2D eigenvalue weighted by atomic mass is 10.00. The Hall–Kier alpha value is -2.96. The zero-order valence-corrected chi connectivity index (χ0v) is 19.9. The summed E-state index contributed by atoms with van der Waals surface area (Å²) >= 11 is 0. The third kappa shape index (κ3) is 5.34. The van der Waals surface area contributed by atoms with Crippen molar-refractivity contribution in [2.24, 2.45) is 5.92 Å². The summed E-state index contributed by atoms with van der Waals surface area (Å²) in [6.07, 6.45) is 3.99. The van der Waals surface area contributed by atoms with Crippen molar-refractivity contribution >= 4 is 11.8 Å². The van der Waals surface area contributed by atoms with E-state index in [0.717, 1.165) is 41.9 Å². The molecule has 0 saturated heterocycles. The van der Waals surface area contributed by atoms with E-state index in [0.29, 0.717) is 50.4 Å². The summed E-state index contributed by atoms with van der Waals surface area (Å²) in [5.41, 5.74) is 3.55. The second-order valence-corrected chi connectivity index (χ2v) is 9.80. The van der Waals surface area contributed by atoms with Gasteiger partial charge in [-0.25, -0.2) is 4.98 Å². The number of nitrogens with zero attached hydrogens (tertiary/aromatic N) is 3. The molecular weight excluding hydrogens is 416 g/mol. The largest absolute Gasteiger partial charge is 0.354 e. The molecule has 1 aromatic carbocycles. The number of nitrogens with one attached hydrogen (secondary N) is 1. The number of aromatic nitrogens is 2. The molecular formula is C26H34N4O3. The molecule has 0 spiro atoms. The number of benzene rings is 1. The van der Waals surface area contributed by atoms with Crippen LogP contribution < -0.4 is 10.9 Å². The van der Waals surface area contributed by atoms with Crippen molar-refractivity contribution in [3.8, 4) is 0 Å². The van der Waals surface area contributed by atoms with Gasteiger partial charge in [-0.15, -0.1) is 0 Å². The molecule has 1 aromatic heterocycles. The highest BCUT2D eigenvalue weighted by atomic mass is 16.2. The van der Waals surface area contributed by atoms with Crippen LogP contribution in [0.2, 0.25) is 0 Å². The first-order valence-corrected chi connectivity index (χ1v) is 12.0. The Kier molecular flexibility index (Phi) is 6.96. The molecule has 0 radical (unpaired) electrons. The third-order valence-corrected chi connectivity index (χ3v) is 6.59. The van der Waals surface area contributed by atoms with E-state index in [4.69, 9.17) is 4.98 Å². The van der Waals surface area contributed by atoms with Gasteiger partial charge in [0.2, 0.25) is 11.8 Å². The quantitative estimate of drug-likeness (QED) is 0.733. The number of aryl methyl sites for hydroxylation is 2. The fourth-order valence-corrected chi connectivity index (χ4v) is 4.79. The molecule has 7 heteroatoms. The van der Waals surface area contributed by atoms with Crippen LogP contribution in [0.15, 0.2) is 29.1 Å². The van der Waals surface area contributed by atoms with Gasteiger partial charge in [0.25, 0.3) is 5.56 Å². The van der Waals surface area contributed by atoms with Crippen molar-refractivity contribution in [1.82, 2.24) is 19.8 Å². The first-order valence-electron chi connectivity index (χ1n) is 12.0. The van der Waals surface area contributed by atoms with E-state index in [1.54, 1.807) is 9.47 Å². The molecule has 1 N–H and O–H groups in total. The first kappa shape index (κ1) is 23.2. The van der Waals surface area contributed by atoms with Crippen LogP contribution in [0, 0.1) is 12.8 Å². The summed E-state index contributed by atoms with van der Waals surface area (Å²) in [6, 6.07) is 7.90. The van der Waals surface area contributed by atoms with Gasteiger partial charge in [-0.1, -0.05) is 43.7 Å². The summed E-state index contributed by atoms with van der Waals surface area (Å²) in [7, 11) is 0. The Morgan fingerprint density at radius 3 is 2.67 bits per heavy atom. The SMILES string of the molecule is Cc1ccc(CC(=O)N2CCc3nc4n(c(=O)c3C2)[C@@H](CNC(=O)CC(C)C)CCC4)cc1. The predicted molar refractivity (Wildman–Crippen MR) is 127 cm³/mol. The van der Waals surface area contributed by atoms with E-state index < -0.39 is 0 Å². The van der Waals surface area contributed by atoms with Gasteiger partial charge in [-0.3, -0.25) is 19.0 Å². The van der Waals surface area contributed by atoms with Crippen molar-refractivity contribution in [1.29, 1.82) is 0 Å². The van der Waals surface area contributed by atoms with Crippen LogP contribution in [0.25, 0.3) is 0 Å². The smallest absolute Gasteiger partial charge is 0.259 e. The summed E-state index contributed by atoms with van der Waals surface area (Å²) < 4.78 is 1.78. The number of fused-ring (bicyclic) bond motifs is 2. The van der Waals surface area contributed by atoms with Gasteiger partial charge in [0.05, 0.1) is 30.3 Å². The van der Waals surface area contributed by atoms with Crippen molar-refractivity contribution < 1.29 is 9.59 Å². The van der Waals surface area contributed by atoms with Crippen molar-refractivity contribution in [3.05, 3.63) is 62.8 Å². The topological polar surface area (TPSA) is 84.3 Å². The maximum atomic E-state index is 13.5. The highest BCUT2D eigenvalue weighted by Gasteiger charge is 2.30. The Bertz CT molecular complexity index is 1090. The number of carbonyl (C=O) groups is 2. The molecule has 3 heterocycles. The summed E-state index contributed by atoms with van der Waals surface area (Å²) in [5, 5.41) is 3.00. The maximum Gasteiger partial charge on any atom is 0.259 e. The van der Waals surface area contributed by atoms with E-state index >= 15 is 0 Å². The minimum absolute atomic E-state index is 0.0176. The van der Waals surface area contributed by atoms with Crippen LogP contribution in [-0.4, -0.2) is 39.4 Å². The molecule has 1 atom stereocenters. The minimum atomic E-state index is -0.0891. The van der Waals surface area contributed by atoms with Gasteiger partial charge in [-0.05, 0) is 31.2 Å². The second-order valence-electron chi connectivity index (χ2n) is 9.80. The maximum absolute atomic E-state index is 13.5. The zero-order valence-electron chi connectivity index (χ0n) is 19.9. The van der Waals surface area contributed by atoms with Crippen LogP contribution in [0.3, 0.4) is 0 Å². The van der Waals surface area contributed by atoms with Gasteiger partial charge < -0.3 is 10.2 Å². The fraction of sp³-hybridized carbons (Fsp3) is 0.538. The molecule has 2 aromatic rings. The van der Waals surface area contributed by atoms with Crippen LogP contribution in [0.4, 0.5) is 0 Å². The monoisotopic (exact) mass is 450 g/mol. The van der Waals surface area contributed by atoms with Gasteiger partial charge in [0.15, 0.2) is 0 Å². The molecule has 0 fully saturated rings. The summed E-state index contributed by atoms with van der Waals surface area (Å²) in [6.45, 7) is 7.39. The normalized spacial score (nSPS) is 17.5. The van der Waals surface area contributed by atoms with Gasteiger partial charge in [0, 0.05) is 32.4 Å². The number of carbonyl (C=O) groups excluding carboxylic acids is 2. The molecule has 2 aliphatic rings. The molecule has 2 aliphatic heterocycles. The molecule has 0 unspecified atom stereocenters. The van der Waals surface area contributed by atoms with Crippen LogP contribution in [-0.2, 0) is 35.4 Å². The molecule has 2 amide bonds. The molecule has 7 nitrogen and oxygen atoms in total. The summed E-state index contributed by atoms with van der Waals surface area (Å²) in [4.78, 5) is 45.2. The fourth-order valence-electron chi connectivity index (χ4n) is 4.79. The first-order chi connectivity index (χ1) is 15.8. The van der Waals surface area contributed by atoms with Gasteiger partial charge in [0.1, 0.15) is 5.82 Å². The van der Waals surface area contributed by atoms with Crippen molar-refractivity contribution in [3.63, 3.8) is 0 Å². The van der Waals surface area contributed by atoms with Crippen LogP contribution >= 0.6 is 0 Å². The molecule has 0 aliphatic carbocycles. The number of hydrogen-bond acceptors (Lipinski definition) is 4. The van der Waals surface area contributed by atoms with Crippen LogP contribution in [0.1, 0.15) is 67.4 Å². The lowest BCUT2D eigenvalue weighted by Crippen LogP contribution is -2.45. The van der Waals surface area contributed by atoms with E-state index in [1.807, 2.05) is 45.0 Å². The number of hydrogen-bond donors (Lipinski definition) is 1. The number of amides is 2. The molecule has 0 saturated carbocycles. The molecule has 0 bridgehead atoms. The van der Waals surface area contributed by atoms with Gasteiger partial charge >= 0.3 is 0 Å². The van der Waals surface area contributed by atoms with E-state index in [1.165, 1.54) is 0 Å². The minimum Gasteiger partial charge on any atom is -0.354 e. The lowest BCUT2D eigenvalue weighted by Gasteiger charge is -2.32. The van der Waals surface area contributed by atoms with Crippen molar-refractivity contribution in [2.75, 3.05) is 13.1 Å². The average molecular weight is 451 g/mol. The Morgan fingerprint density at radius 2 is 1.94 bits per heavy atom.